The third-order valence-corrected chi connectivity index (χ3v) is 5.19. The van der Waals surface area contributed by atoms with Crippen molar-refractivity contribution >= 4 is 5.91 Å². The number of alkyl halides is 3. The molecule has 0 atom stereocenters. The maximum absolute atomic E-state index is 13.9. The van der Waals surface area contributed by atoms with Gasteiger partial charge in [-0.1, -0.05) is 0 Å². The number of nitrogens with two attached hydrogens (primary N) is 1. The molecule has 0 aliphatic heterocycles. The molecule has 0 spiro atoms. The molecule has 0 unspecified atom stereocenters. The van der Waals surface area contributed by atoms with E-state index in [9.17, 15) is 22.4 Å². The second-order valence-corrected chi connectivity index (χ2v) is 7.75. The second-order valence-electron chi connectivity index (χ2n) is 7.75. The second kappa shape index (κ2) is 9.16. The molecular formula is C22H20F4N4O3. The van der Waals surface area contributed by atoms with E-state index in [1.165, 1.54) is 12.3 Å². The number of amides is 1. The van der Waals surface area contributed by atoms with Crippen molar-refractivity contribution in [3.8, 4) is 17.3 Å². The Labute approximate surface area is 186 Å². The first-order chi connectivity index (χ1) is 15.7. The number of fused-ring (bicyclic) bond motifs is 1. The predicted molar refractivity (Wildman–Crippen MR) is 108 cm³/mol. The van der Waals surface area contributed by atoms with Crippen LogP contribution in [0.15, 0.2) is 35.0 Å². The monoisotopic (exact) mass is 464 g/mol. The first kappa shape index (κ1) is 22.7. The Kier molecular flexibility index (Phi) is 6.30. The van der Waals surface area contributed by atoms with Crippen molar-refractivity contribution in [1.82, 2.24) is 15.0 Å². The van der Waals surface area contributed by atoms with Crippen LogP contribution in [0, 0.1) is 5.82 Å². The van der Waals surface area contributed by atoms with E-state index in [1.54, 1.807) is 0 Å². The van der Waals surface area contributed by atoms with Gasteiger partial charge in [0, 0.05) is 35.9 Å². The fourth-order valence-electron chi connectivity index (χ4n) is 3.43. The van der Waals surface area contributed by atoms with Gasteiger partial charge in [0.25, 0.3) is 0 Å². The molecular weight excluding hydrogens is 444 g/mol. The lowest BCUT2D eigenvalue weighted by atomic mass is 10.0. The predicted octanol–water partition coefficient (Wildman–Crippen LogP) is 4.71. The van der Waals surface area contributed by atoms with E-state index in [2.05, 4.69) is 19.7 Å². The Hall–Kier alpha value is -3.50. The Morgan fingerprint density at radius 1 is 1.15 bits per heavy atom. The molecule has 0 aromatic carbocycles. The molecule has 2 aliphatic carbocycles. The van der Waals surface area contributed by atoms with Crippen LogP contribution < -0.4 is 10.5 Å². The molecule has 2 N–H and O–H groups in total. The molecule has 3 aromatic heterocycles. The van der Waals surface area contributed by atoms with Crippen molar-refractivity contribution in [3.05, 3.63) is 59.1 Å². The first-order valence-electron chi connectivity index (χ1n) is 10.4. The van der Waals surface area contributed by atoms with Gasteiger partial charge in [-0.05, 0) is 44.2 Å². The van der Waals surface area contributed by atoms with E-state index in [1.807, 2.05) is 6.07 Å². The summed E-state index contributed by atoms with van der Waals surface area (Å²) in [5.41, 5.74) is 7.18. The summed E-state index contributed by atoms with van der Waals surface area (Å²) in [7, 11) is 0. The summed E-state index contributed by atoms with van der Waals surface area (Å²) in [6.07, 6.45) is 3.92. The molecule has 0 bridgehead atoms. The van der Waals surface area contributed by atoms with E-state index in [4.69, 9.17) is 10.2 Å². The molecule has 5 rings (SSSR count). The highest BCUT2D eigenvalue weighted by Crippen LogP contribution is 2.40. The Bertz CT molecular complexity index is 1140. The van der Waals surface area contributed by atoms with Gasteiger partial charge in [-0.25, -0.2) is 14.4 Å². The van der Waals surface area contributed by atoms with Gasteiger partial charge in [0.05, 0.1) is 17.5 Å². The molecule has 3 aromatic rings. The van der Waals surface area contributed by atoms with Gasteiger partial charge in [0.1, 0.15) is 5.76 Å². The molecule has 0 saturated heterocycles. The van der Waals surface area contributed by atoms with E-state index in [0.29, 0.717) is 17.4 Å². The van der Waals surface area contributed by atoms with Crippen molar-refractivity contribution in [2.24, 2.45) is 5.73 Å². The number of pyridine rings is 2. The molecule has 2 aliphatic rings. The van der Waals surface area contributed by atoms with E-state index in [0.717, 1.165) is 67.9 Å². The summed E-state index contributed by atoms with van der Waals surface area (Å²) < 4.78 is 58.3. The van der Waals surface area contributed by atoms with Crippen molar-refractivity contribution in [1.29, 1.82) is 0 Å². The van der Waals surface area contributed by atoms with Crippen LogP contribution in [0.2, 0.25) is 0 Å². The van der Waals surface area contributed by atoms with Crippen molar-refractivity contribution in [2.75, 3.05) is 0 Å². The lowest BCUT2D eigenvalue weighted by Gasteiger charge is -2.07. The van der Waals surface area contributed by atoms with Crippen LogP contribution >= 0.6 is 0 Å². The largest absolute Gasteiger partial charge is 0.574 e. The molecule has 1 saturated carbocycles. The van der Waals surface area contributed by atoms with Gasteiger partial charge in [0.2, 0.25) is 17.7 Å². The number of primary amides is 1. The third kappa shape index (κ3) is 5.85. The number of aromatic nitrogens is 3. The van der Waals surface area contributed by atoms with Gasteiger partial charge in [-0.2, -0.15) is 0 Å². The molecule has 1 amide bonds. The molecule has 1 fully saturated rings. The lowest BCUT2D eigenvalue weighted by molar-refractivity contribution is -0.276. The van der Waals surface area contributed by atoms with Crippen LogP contribution in [-0.4, -0.2) is 27.2 Å². The average molecular weight is 464 g/mol. The topological polar surface area (TPSA) is 104 Å². The summed E-state index contributed by atoms with van der Waals surface area (Å²) >= 11 is 0. The summed E-state index contributed by atoms with van der Waals surface area (Å²) in [5, 5.41) is 0. The third-order valence-electron chi connectivity index (χ3n) is 5.19. The average Bonchev–Trinajstić information content (AvgIpc) is 3.52. The SMILES string of the molecule is Fc1cnc(C2CC2)cc1-c1nc2c(o1)CCCC2.NC(=O)c1ccnc(OC(F)(F)F)c1. The van der Waals surface area contributed by atoms with E-state index in [-0.39, 0.29) is 11.4 Å². The van der Waals surface area contributed by atoms with Crippen LogP contribution in [-0.2, 0) is 12.8 Å². The number of carbonyl (C=O) groups excluding carboxylic acids is 1. The van der Waals surface area contributed by atoms with Gasteiger partial charge >= 0.3 is 6.36 Å². The number of hydrogen-bond acceptors (Lipinski definition) is 6. The summed E-state index contributed by atoms with van der Waals surface area (Å²) in [5.74, 6) is -0.0423. The minimum atomic E-state index is -4.83. The van der Waals surface area contributed by atoms with Crippen LogP contribution in [0.3, 0.4) is 0 Å². The van der Waals surface area contributed by atoms with Gasteiger partial charge in [-0.3, -0.25) is 9.78 Å². The Morgan fingerprint density at radius 2 is 1.91 bits per heavy atom. The number of nitrogens with zero attached hydrogens (tertiary/aromatic N) is 3. The van der Waals surface area contributed by atoms with Crippen LogP contribution in [0.1, 0.15) is 59.1 Å². The number of hydrogen-bond donors (Lipinski definition) is 1. The standard InChI is InChI=1S/C15H15FN2O.C7H5F3N2O2/c16-11-8-17-13(9-5-6-9)7-10(11)15-18-12-3-1-2-4-14(12)19-15;8-7(9,10)14-5-3-4(6(11)13)1-2-12-5/h7-9H,1-6H2;1-3H,(H2,11,13). The number of aryl methyl sites for hydroxylation is 2. The molecule has 3 heterocycles. The van der Waals surface area contributed by atoms with Gasteiger partial charge in [0.15, 0.2) is 5.82 Å². The highest BCUT2D eigenvalue weighted by Gasteiger charge is 2.32. The normalized spacial score (nSPS) is 15.3. The molecule has 11 heteroatoms. The van der Waals surface area contributed by atoms with Crippen LogP contribution in [0.5, 0.6) is 5.88 Å². The maximum atomic E-state index is 13.9. The van der Waals surface area contributed by atoms with Crippen molar-refractivity contribution in [2.45, 2.75) is 50.8 Å². The number of ether oxygens (including phenoxy) is 1. The Balaban J connectivity index is 0.000000166. The zero-order valence-electron chi connectivity index (χ0n) is 17.4. The van der Waals surface area contributed by atoms with Gasteiger partial charge in [-0.15, -0.1) is 13.2 Å². The highest BCUT2D eigenvalue weighted by molar-refractivity contribution is 5.92. The summed E-state index contributed by atoms with van der Waals surface area (Å²) in [6.45, 7) is 0. The molecule has 7 nitrogen and oxygen atoms in total. The fourth-order valence-corrected chi connectivity index (χ4v) is 3.43. The lowest BCUT2D eigenvalue weighted by Crippen LogP contribution is -2.18. The minimum Gasteiger partial charge on any atom is -0.441 e. The summed E-state index contributed by atoms with van der Waals surface area (Å²) in [6, 6.07) is 3.81. The quantitative estimate of drug-likeness (QED) is 0.561. The maximum Gasteiger partial charge on any atom is 0.574 e. The zero-order chi connectivity index (χ0) is 23.6. The van der Waals surface area contributed by atoms with E-state index >= 15 is 0 Å². The number of rotatable bonds is 4. The van der Waals surface area contributed by atoms with Gasteiger partial charge < -0.3 is 14.9 Å². The van der Waals surface area contributed by atoms with Crippen LogP contribution in [0.25, 0.3) is 11.5 Å². The smallest absolute Gasteiger partial charge is 0.441 e. The zero-order valence-corrected chi connectivity index (χ0v) is 17.4. The Morgan fingerprint density at radius 3 is 2.58 bits per heavy atom. The number of halogens is 4. The van der Waals surface area contributed by atoms with Crippen molar-refractivity contribution in [3.63, 3.8) is 0 Å². The highest BCUT2D eigenvalue weighted by atomic mass is 19.4. The number of oxazole rings is 1. The first-order valence-corrected chi connectivity index (χ1v) is 10.4. The molecule has 0 radical (unpaired) electrons. The fraction of sp³-hybridized carbons (Fsp3) is 0.364. The van der Waals surface area contributed by atoms with E-state index < -0.39 is 18.1 Å². The molecule has 33 heavy (non-hydrogen) atoms. The van der Waals surface area contributed by atoms with Crippen LogP contribution in [0.4, 0.5) is 17.6 Å². The number of carbonyl (C=O) groups is 1. The van der Waals surface area contributed by atoms with Crippen molar-refractivity contribution < 1.29 is 31.5 Å². The summed E-state index contributed by atoms with van der Waals surface area (Å²) in [4.78, 5) is 22.5. The molecule has 174 valence electrons. The minimum absolute atomic E-state index is 0.0979.